The van der Waals surface area contributed by atoms with E-state index in [0.29, 0.717) is 25.1 Å². The van der Waals surface area contributed by atoms with Gasteiger partial charge in [0, 0.05) is 23.2 Å². The number of aromatic nitrogens is 1. The first-order valence-corrected chi connectivity index (χ1v) is 11.7. The maximum Gasteiger partial charge on any atom is 0.227 e. The SMILES string of the molecule is COc1ccc(C2C(C(=O)NCc3nc(C)cs3)CCC(=O)N2c2ccc(OC)cc2)cc1. The maximum absolute atomic E-state index is 13.4. The molecule has 4 rings (SSSR count). The third-order valence-corrected chi connectivity index (χ3v) is 6.79. The van der Waals surface area contributed by atoms with Crippen LogP contribution >= 0.6 is 11.3 Å². The zero-order chi connectivity index (χ0) is 23.4. The van der Waals surface area contributed by atoms with Gasteiger partial charge in [-0.3, -0.25) is 9.59 Å². The molecule has 1 aliphatic rings. The number of hydrogen-bond donors (Lipinski definition) is 1. The second-order valence-corrected chi connectivity index (χ2v) is 8.87. The van der Waals surface area contributed by atoms with Gasteiger partial charge in [-0.05, 0) is 55.3 Å². The van der Waals surface area contributed by atoms with Gasteiger partial charge >= 0.3 is 0 Å². The first-order chi connectivity index (χ1) is 16.0. The molecule has 1 aliphatic heterocycles. The molecule has 0 aliphatic carbocycles. The molecule has 2 aromatic carbocycles. The minimum atomic E-state index is -0.441. The first-order valence-electron chi connectivity index (χ1n) is 10.8. The molecule has 7 nitrogen and oxygen atoms in total. The van der Waals surface area contributed by atoms with E-state index >= 15 is 0 Å². The third kappa shape index (κ3) is 5.01. The molecule has 33 heavy (non-hydrogen) atoms. The van der Waals surface area contributed by atoms with Gasteiger partial charge < -0.3 is 19.7 Å². The van der Waals surface area contributed by atoms with Crippen molar-refractivity contribution in [1.29, 1.82) is 0 Å². The highest BCUT2D eigenvalue weighted by atomic mass is 32.1. The maximum atomic E-state index is 13.4. The Hall–Kier alpha value is -3.39. The van der Waals surface area contributed by atoms with Gasteiger partial charge in [0.1, 0.15) is 16.5 Å². The van der Waals surface area contributed by atoms with Crippen LogP contribution in [0.3, 0.4) is 0 Å². The van der Waals surface area contributed by atoms with Gasteiger partial charge in [-0.1, -0.05) is 12.1 Å². The number of benzene rings is 2. The van der Waals surface area contributed by atoms with E-state index in [1.807, 2.05) is 60.8 Å². The van der Waals surface area contributed by atoms with Crippen LogP contribution in [0.4, 0.5) is 5.69 Å². The minimum absolute atomic E-state index is 0.0133. The highest BCUT2D eigenvalue weighted by Gasteiger charge is 2.41. The number of methoxy groups -OCH3 is 2. The van der Waals surface area contributed by atoms with E-state index in [2.05, 4.69) is 10.3 Å². The van der Waals surface area contributed by atoms with Crippen LogP contribution in [0.5, 0.6) is 11.5 Å². The molecule has 2 unspecified atom stereocenters. The fourth-order valence-electron chi connectivity index (χ4n) is 4.17. The number of ether oxygens (including phenoxy) is 2. The number of hydrogen-bond acceptors (Lipinski definition) is 6. The van der Waals surface area contributed by atoms with E-state index in [1.54, 1.807) is 19.1 Å². The van der Waals surface area contributed by atoms with Crippen molar-refractivity contribution >= 4 is 28.8 Å². The molecule has 1 fully saturated rings. The lowest BCUT2D eigenvalue weighted by Gasteiger charge is -2.41. The molecular formula is C25H27N3O4S. The molecule has 172 valence electrons. The van der Waals surface area contributed by atoms with Gasteiger partial charge in [-0.15, -0.1) is 11.3 Å². The Kier molecular flexibility index (Phi) is 6.93. The fraction of sp³-hybridized carbons (Fsp3) is 0.320. The molecule has 2 amide bonds. The van der Waals surface area contributed by atoms with E-state index in [-0.39, 0.29) is 11.8 Å². The van der Waals surface area contributed by atoms with Crippen LogP contribution in [0.2, 0.25) is 0 Å². The average molecular weight is 466 g/mol. The highest BCUT2D eigenvalue weighted by molar-refractivity contribution is 7.09. The Balaban J connectivity index is 1.67. The normalized spacial score (nSPS) is 18.2. The number of thiazole rings is 1. The van der Waals surface area contributed by atoms with Gasteiger partial charge in [-0.25, -0.2) is 4.98 Å². The van der Waals surface area contributed by atoms with Crippen molar-refractivity contribution in [2.75, 3.05) is 19.1 Å². The first kappa shape index (κ1) is 22.8. The summed E-state index contributed by atoms with van der Waals surface area (Å²) >= 11 is 1.52. The summed E-state index contributed by atoms with van der Waals surface area (Å²) in [4.78, 5) is 32.7. The number of nitrogens with zero attached hydrogens (tertiary/aromatic N) is 2. The second-order valence-electron chi connectivity index (χ2n) is 7.93. The lowest BCUT2D eigenvalue weighted by Crippen LogP contribution is -2.48. The Bertz CT molecular complexity index is 1110. The third-order valence-electron chi connectivity index (χ3n) is 5.82. The van der Waals surface area contributed by atoms with Crippen molar-refractivity contribution in [3.8, 4) is 11.5 Å². The second kappa shape index (κ2) is 10.0. The van der Waals surface area contributed by atoms with Gasteiger partial charge in [0.15, 0.2) is 0 Å². The van der Waals surface area contributed by atoms with E-state index in [9.17, 15) is 9.59 Å². The number of piperidine rings is 1. The molecule has 0 saturated carbocycles. The van der Waals surface area contributed by atoms with Crippen molar-refractivity contribution in [3.63, 3.8) is 0 Å². The monoisotopic (exact) mass is 465 g/mol. The topological polar surface area (TPSA) is 80.8 Å². The average Bonchev–Trinajstić information content (AvgIpc) is 3.27. The van der Waals surface area contributed by atoms with Crippen LogP contribution in [0, 0.1) is 12.8 Å². The van der Waals surface area contributed by atoms with Crippen LogP contribution < -0.4 is 19.7 Å². The standard InChI is InChI=1S/C25H27N3O4S/c1-16-15-33-22(27-16)14-26-25(30)21-12-13-23(29)28(18-6-10-20(32-3)11-7-18)24(21)17-4-8-19(31-2)9-5-17/h4-11,15,21,24H,12-14H2,1-3H3,(H,26,30). The number of anilines is 1. The molecule has 0 bridgehead atoms. The van der Waals surface area contributed by atoms with Gasteiger partial charge in [-0.2, -0.15) is 0 Å². The van der Waals surface area contributed by atoms with E-state index < -0.39 is 12.0 Å². The summed E-state index contributed by atoms with van der Waals surface area (Å²) in [7, 11) is 3.21. The van der Waals surface area contributed by atoms with E-state index in [0.717, 1.165) is 27.7 Å². The summed E-state index contributed by atoms with van der Waals surface area (Å²) in [5, 5.41) is 5.86. The predicted molar refractivity (Wildman–Crippen MR) is 128 cm³/mol. The van der Waals surface area contributed by atoms with Gasteiger partial charge in [0.2, 0.25) is 11.8 Å². The molecule has 1 aromatic heterocycles. The Morgan fingerprint density at radius 2 is 1.73 bits per heavy atom. The quantitative estimate of drug-likeness (QED) is 0.564. The largest absolute Gasteiger partial charge is 0.497 e. The number of carbonyl (C=O) groups excluding carboxylic acids is 2. The number of carbonyl (C=O) groups is 2. The van der Waals surface area contributed by atoms with E-state index in [4.69, 9.17) is 9.47 Å². The van der Waals surface area contributed by atoms with Gasteiger partial charge in [0.05, 0.1) is 32.7 Å². The number of aryl methyl sites for hydroxylation is 1. The number of nitrogens with one attached hydrogen (secondary N) is 1. The van der Waals surface area contributed by atoms with Crippen LogP contribution in [0.25, 0.3) is 0 Å². The lowest BCUT2D eigenvalue weighted by atomic mass is 9.83. The Morgan fingerprint density at radius 1 is 1.09 bits per heavy atom. The molecule has 3 aromatic rings. The molecular weight excluding hydrogens is 438 g/mol. The van der Waals surface area contributed by atoms with Crippen LogP contribution in [-0.4, -0.2) is 31.0 Å². The molecule has 2 heterocycles. The predicted octanol–water partition coefficient (Wildman–Crippen LogP) is 4.27. The minimum Gasteiger partial charge on any atom is -0.497 e. The van der Waals surface area contributed by atoms with Crippen LogP contribution in [0.1, 0.15) is 35.1 Å². The molecule has 0 radical (unpaired) electrons. The van der Waals surface area contributed by atoms with Crippen molar-refractivity contribution in [2.45, 2.75) is 32.4 Å². The Labute approximate surface area is 197 Å². The summed E-state index contributed by atoms with van der Waals surface area (Å²) in [6.45, 7) is 2.31. The van der Waals surface area contributed by atoms with Crippen molar-refractivity contribution in [1.82, 2.24) is 10.3 Å². The summed E-state index contributed by atoms with van der Waals surface area (Å²) in [6, 6.07) is 14.5. The molecule has 1 saturated heterocycles. The van der Waals surface area contributed by atoms with Crippen molar-refractivity contribution < 1.29 is 19.1 Å². The number of rotatable bonds is 7. The lowest BCUT2D eigenvalue weighted by molar-refractivity contribution is -0.129. The molecule has 2 atom stereocenters. The summed E-state index contributed by atoms with van der Waals surface area (Å²) in [5.41, 5.74) is 2.55. The van der Waals surface area contributed by atoms with E-state index in [1.165, 1.54) is 11.3 Å². The van der Waals surface area contributed by atoms with Crippen LogP contribution in [0.15, 0.2) is 53.9 Å². The molecule has 8 heteroatoms. The smallest absolute Gasteiger partial charge is 0.227 e. The summed E-state index contributed by atoms with van der Waals surface area (Å²) in [6.07, 6.45) is 0.776. The Morgan fingerprint density at radius 3 is 2.30 bits per heavy atom. The molecule has 1 N–H and O–H groups in total. The fourth-order valence-corrected chi connectivity index (χ4v) is 4.89. The zero-order valence-electron chi connectivity index (χ0n) is 18.9. The summed E-state index contributed by atoms with van der Waals surface area (Å²) < 4.78 is 10.6. The summed E-state index contributed by atoms with van der Waals surface area (Å²) in [5.74, 6) is 0.920. The molecule has 0 spiro atoms. The van der Waals surface area contributed by atoms with Crippen LogP contribution in [-0.2, 0) is 16.1 Å². The van der Waals surface area contributed by atoms with Crippen molar-refractivity contribution in [3.05, 3.63) is 70.2 Å². The zero-order valence-corrected chi connectivity index (χ0v) is 19.7. The van der Waals surface area contributed by atoms with Crippen molar-refractivity contribution in [2.24, 2.45) is 5.92 Å². The highest BCUT2D eigenvalue weighted by Crippen LogP contribution is 2.41. The van der Waals surface area contributed by atoms with Gasteiger partial charge in [0.25, 0.3) is 0 Å². The number of amides is 2.